The lowest BCUT2D eigenvalue weighted by atomic mass is 10.2. The van der Waals surface area contributed by atoms with Gasteiger partial charge in [-0.3, -0.25) is 14.9 Å². The third-order valence-electron chi connectivity index (χ3n) is 2.76. The van der Waals surface area contributed by atoms with Gasteiger partial charge in [0.25, 0.3) is 10.0 Å². The maximum Gasteiger partial charge on any atom is 0.255 e. The van der Waals surface area contributed by atoms with E-state index in [-0.39, 0.29) is 10.8 Å². The minimum absolute atomic E-state index is 0.0472. The van der Waals surface area contributed by atoms with E-state index in [1.54, 1.807) is 13.8 Å². The molecule has 1 unspecified atom stereocenters. The summed E-state index contributed by atoms with van der Waals surface area (Å²) in [5.74, 6) is -1.19. The number of hydrogen-bond acceptors (Lipinski definition) is 6. The topological polar surface area (TPSA) is 96.4 Å². The minimum atomic E-state index is -3.86. The lowest BCUT2D eigenvalue weighted by Gasteiger charge is -2.31. The molecule has 1 N–H and O–H groups in total. The molecule has 1 aromatic heterocycles. The number of carbonyl (C=O) groups is 2. The van der Waals surface area contributed by atoms with Crippen molar-refractivity contribution in [3.05, 3.63) is 11.2 Å². The van der Waals surface area contributed by atoms with Crippen LogP contribution in [-0.4, -0.2) is 42.1 Å². The standard InChI is InChI=1S/C10H13N3O4S2/c1-3-7-10(15)12-8(14)5-13(7)19(16,17)9-4-11-6(2)18-9/h4,7H,3,5H2,1-2H3,(H,12,14,15). The second kappa shape index (κ2) is 4.99. The van der Waals surface area contributed by atoms with E-state index in [1.807, 2.05) is 0 Å². The van der Waals surface area contributed by atoms with Crippen molar-refractivity contribution < 1.29 is 18.0 Å². The van der Waals surface area contributed by atoms with Crippen LogP contribution >= 0.6 is 11.3 Å². The van der Waals surface area contributed by atoms with E-state index in [1.165, 1.54) is 6.20 Å². The van der Waals surface area contributed by atoms with Gasteiger partial charge in [-0.15, -0.1) is 11.3 Å². The van der Waals surface area contributed by atoms with E-state index < -0.39 is 27.9 Å². The summed E-state index contributed by atoms with van der Waals surface area (Å²) in [6.45, 7) is 3.04. The monoisotopic (exact) mass is 303 g/mol. The fourth-order valence-electron chi connectivity index (χ4n) is 1.86. The molecule has 1 atom stereocenters. The number of aryl methyl sites for hydroxylation is 1. The third kappa shape index (κ3) is 2.53. The highest BCUT2D eigenvalue weighted by Gasteiger charge is 2.41. The number of sulfonamides is 1. The van der Waals surface area contributed by atoms with Crippen LogP contribution in [0.15, 0.2) is 10.4 Å². The number of nitrogens with zero attached hydrogens (tertiary/aromatic N) is 2. The molecule has 2 rings (SSSR count). The Morgan fingerprint density at radius 2 is 2.21 bits per heavy atom. The molecule has 0 bridgehead atoms. The third-order valence-corrected chi connectivity index (χ3v) is 5.97. The summed E-state index contributed by atoms with van der Waals surface area (Å²) in [5, 5.41) is 2.75. The Kier molecular flexibility index (Phi) is 3.70. The molecule has 104 valence electrons. The zero-order chi connectivity index (χ0) is 14.2. The molecule has 1 aromatic rings. The normalized spacial score (nSPS) is 21.5. The zero-order valence-electron chi connectivity index (χ0n) is 10.4. The molecule has 0 spiro atoms. The average molecular weight is 303 g/mol. The van der Waals surface area contributed by atoms with Crippen LogP contribution in [0.5, 0.6) is 0 Å². The van der Waals surface area contributed by atoms with Gasteiger partial charge < -0.3 is 0 Å². The van der Waals surface area contributed by atoms with Gasteiger partial charge >= 0.3 is 0 Å². The smallest absolute Gasteiger partial charge is 0.255 e. The molecule has 0 aromatic carbocycles. The Morgan fingerprint density at radius 3 is 2.74 bits per heavy atom. The Labute approximate surface area is 114 Å². The maximum atomic E-state index is 12.4. The van der Waals surface area contributed by atoms with Crippen molar-refractivity contribution in [2.75, 3.05) is 6.54 Å². The highest BCUT2D eigenvalue weighted by atomic mass is 32.2. The predicted octanol–water partition coefficient (Wildman–Crippen LogP) is -0.123. The first-order chi connectivity index (χ1) is 8.86. The van der Waals surface area contributed by atoms with Crippen molar-refractivity contribution in [3.63, 3.8) is 0 Å². The van der Waals surface area contributed by atoms with Crippen LogP contribution in [0.3, 0.4) is 0 Å². The summed E-state index contributed by atoms with van der Waals surface area (Å²) < 4.78 is 25.8. The summed E-state index contributed by atoms with van der Waals surface area (Å²) in [4.78, 5) is 27.0. The summed E-state index contributed by atoms with van der Waals surface area (Å²) in [6.07, 6.45) is 1.55. The number of hydrogen-bond donors (Lipinski definition) is 1. The van der Waals surface area contributed by atoms with E-state index in [4.69, 9.17) is 0 Å². The van der Waals surface area contributed by atoms with Gasteiger partial charge in [-0.25, -0.2) is 13.4 Å². The van der Waals surface area contributed by atoms with E-state index in [0.29, 0.717) is 11.4 Å². The van der Waals surface area contributed by atoms with E-state index in [2.05, 4.69) is 10.3 Å². The Hall–Kier alpha value is -1.32. The summed E-state index contributed by atoms with van der Waals surface area (Å²) in [5.41, 5.74) is 0. The Balaban J connectivity index is 2.42. The van der Waals surface area contributed by atoms with Gasteiger partial charge in [0.05, 0.1) is 17.7 Å². The van der Waals surface area contributed by atoms with Crippen molar-refractivity contribution in [3.8, 4) is 0 Å². The van der Waals surface area contributed by atoms with Gasteiger partial charge in [-0.05, 0) is 13.3 Å². The van der Waals surface area contributed by atoms with Crippen molar-refractivity contribution in [2.45, 2.75) is 30.5 Å². The van der Waals surface area contributed by atoms with Crippen LogP contribution in [0, 0.1) is 6.92 Å². The lowest BCUT2D eigenvalue weighted by Crippen LogP contribution is -2.59. The Morgan fingerprint density at radius 1 is 1.53 bits per heavy atom. The molecule has 19 heavy (non-hydrogen) atoms. The second-order valence-corrected chi connectivity index (χ2v) is 7.44. The number of thiazole rings is 1. The second-order valence-electron chi connectivity index (χ2n) is 4.09. The average Bonchev–Trinajstić information content (AvgIpc) is 2.75. The number of piperazine rings is 1. The molecule has 1 saturated heterocycles. The molecule has 1 aliphatic rings. The number of imide groups is 1. The van der Waals surface area contributed by atoms with Crippen molar-refractivity contribution >= 4 is 33.2 Å². The molecular formula is C10H13N3O4S2. The first-order valence-electron chi connectivity index (χ1n) is 5.64. The van der Waals surface area contributed by atoms with Crippen LogP contribution in [0.25, 0.3) is 0 Å². The number of carbonyl (C=O) groups excluding carboxylic acids is 2. The number of rotatable bonds is 3. The summed E-state index contributed by atoms with van der Waals surface area (Å²) in [6, 6.07) is -0.856. The molecule has 9 heteroatoms. The molecule has 0 radical (unpaired) electrons. The first-order valence-corrected chi connectivity index (χ1v) is 7.90. The first kappa shape index (κ1) is 14.1. The van der Waals surface area contributed by atoms with Crippen LogP contribution < -0.4 is 5.32 Å². The number of aromatic nitrogens is 1. The highest BCUT2D eigenvalue weighted by Crippen LogP contribution is 2.25. The molecule has 2 heterocycles. The quantitative estimate of drug-likeness (QED) is 0.785. The minimum Gasteiger partial charge on any atom is -0.294 e. The van der Waals surface area contributed by atoms with Crippen LogP contribution in [0.1, 0.15) is 18.4 Å². The van der Waals surface area contributed by atoms with Crippen molar-refractivity contribution in [2.24, 2.45) is 0 Å². The number of amides is 2. The maximum absolute atomic E-state index is 12.4. The van der Waals surface area contributed by atoms with Gasteiger partial charge in [-0.2, -0.15) is 4.31 Å². The molecule has 1 fully saturated rings. The van der Waals surface area contributed by atoms with Crippen molar-refractivity contribution in [1.82, 2.24) is 14.6 Å². The molecule has 7 nitrogen and oxygen atoms in total. The largest absolute Gasteiger partial charge is 0.294 e. The fraction of sp³-hybridized carbons (Fsp3) is 0.500. The SMILES string of the molecule is CCC1C(=O)NC(=O)CN1S(=O)(=O)c1cnc(C)s1. The molecule has 0 aliphatic carbocycles. The molecular weight excluding hydrogens is 290 g/mol. The van der Waals surface area contributed by atoms with Crippen LogP contribution in [0.2, 0.25) is 0 Å². The molecule has 1 aliphatic heterocycles. The number of nitrogens with one attached hydrogen (secondary N) is 1. The molecule has 0 saturated carbocycles. The zero-order valence-corrected chi connectivity index (χ0v) is 12.0. The summed E-state index contributed by atoms with van der Waals surface area (Å²) in [7, 11) is -3.86. The van der Waals surface area contributed by atoms with E-state index in [0.717, 1.165) is 15.6 Å². The van der Waals surface area contributed by atoms with E-state index in [9.17, 15) is 18.0 Å². The highest BCUT2D eigenvalue weighted by molar-refractivity contribution is 7.91. The Bertz CT molecular complexity index is 622. The van der Waals surface area contributed by atoms with Crippen LogP contribution in [0.4, 0.5) is 0 Å². The van der Waals surface area contributed by atoms with Gasteiger partial charge in [0.1, 0.15) is 6.04 Å². The van der Waals surface area contributed by atoms with Gasteiger partial charge in [-0.1, -0.05) is 6.92 Å². The van der Waals surface area contributed by atoms with Crippen LogP contribution in [-0.2, 0) is 19.6 Å². The fourth-order valence-corrected chi connectivity index (χ4v) is 4.72. The molecule has 2 amide bonds. The van der Waals surface area contributed by atoms with Gasteiger partial charge in [0.15, 0.2) is 4.21 Å². The van der Waals surface area contributed by atoms with Gasteiger partial charge in [0.2, 0.25) is 11.8 Å². The predicted molar refractivity (Wildman–Crippen MR) is 68.0 cm³/mol. The summed E-state index contributed by atoms with van der Waals surface area (Å²) >= 11 is 1.02. The lowest BCUT2D eigenvalue weighted by molar-refractivity contribution is -0.137. The van der Waals surface area contributed by atoms with E-state index >= 15 is 0 Å². The van der Waals surface area contributed by atoms with Crippen molar-refractivity contribution in [1.29, 1.82) is 0 Å². The van der Waals surface area contributed by atoms with Gasteiger partial charge in [0, 0.05) is 0 Å².